The van der Waals surface area contributed by atoms with E-state index in [1.807, 2.05) is 24.3 Å². The van der Waals surface area contributed by atoms with Gasteiger partial charge in [-0.25, -0.2) is 8.42 Å². The van der Waals surface area contributed by atoms with Crippen LogP contribution in [0.1, 0.15) is 6.92 Å². The van der Waals surface area contributed by atoms with Crippen LogP contribution in [0.2, 0.25) is 0 Å². The number of aromatic nitrogens is 2. The predicted molar refractivity (Wildman–Crippen MR) is 84.0 cm³/mol. The van der Waals surface area contributed by atoms with Crippen molar-refractivity contribution in [2.24, 2.45) is 7.05 Å². The summed E-state index contributed by atoms with van der Waals surface area (Å²) in [6.07, 6.45) is 2.49. The summed E-state index contributed by atoms with van der Waals surface area (Å²) in [4.78, 5) is 0.180. The van der Waals surface area contributed by atoms with E-state index < -0.39 is 10.0 Å². The lowest BCUT2D eigenvalue weighted by Gasteiger charge is -2.30. The van der Waals surface area contributed by atoms with Gasteiger partial charge in [-0.15, -0.1) is 0 Å². The number of sulfonamides is 1. The molecule has 1 aliphatic heterocycles. The molecule has 0 unspecified atom stereocenters. The molecule has 0 N–H and O–H groups in total. The summed E-state index contributed by atoms with van der Waals surface area (Å²) in [5.74, 6) is 1.32. The Morgan fingerprint density at radius 3 is 2.74 bits per heavy atom. The fourth-order valence-electron chi connectivity index (χ4n) is 2.46. The number of likely N-dealkylation sites (N-methyl/N-ethyl adjacent to an activating group) is 1. The molecule has 0 amide bonds. The number of aryl methyl sites for hydroxylation is 1. The van der Waals surface area contributed by atoms with Crippen molar-refractivity contribution in [1.82, 2.24) is 14.1 Å². The van der Waals surface area contributed by atoms with E-state index in [2.05, 4.69) is 5.10 Å². The number of hydrogen-bond donors (Lipinski definition) is 0. The van der Waals surface area contributed by atoms with Crippen LogP contribution in [-0.4, -0.2) is 48.3 Å². The van der Waals surface area contributed by atoms with Crippen molar-refractivity contribution in [3.63, 3.8) is 0 Å². The van der Waals surface area contributed by atoms with Crippen molar-refractivity contribution in [3.05, 3.63) is 36.7 Å². The van der Waals surface area contributed by atoms with Crippen molar-refractivity contribution in [2.45, 2.75) is 17.9 Å². The third-order valence-electron chi connectivity index (χ3n) is 3.65. The molecular formula is C15H19N3O4S. The normalized spacial score (nSPS) is 17.4. The van der Waals surface area contributed by atoms with Crippen molar-refractivity contribution in [2.75, 3.05) is 19.7 Å². The highest BCUT2D eigenvalue weighted by molar-refractivity contribution is 7.89. The Kier molecular flexibility index (Phi) is 4.27. The number of benzene rings is 1. The summed E-state index contributed by atoms with van der Waals surface area (Å²) in [7, 11) is -1.91. The molecule has 0 spiro atoms. The van der Waals surface area contributed by atoms with Gasteiger partial charge in [0.05, 0.1) is 12.7 Å². The maximum absolute atomic E-state index is 12.7. The minimum atomic E-state index is -3.59. The zero-order valence-corrected chi connectivity index (χ0v) is 13.9. The summed E-state index contributed by atoms with van der Waals surface area (Å²) in [6, 6.07) is 7.37. The number of ether oxygens (including phenoxy) is 2. The first-order valence-corrected chi connectivity index (χ1v) is 8.82. The average molecular weight is 337 g/mol. The van der Waals surface area contributed by atoms with E-state index in [1.165, 1.54) is 21.4 Å². The quantitative estimate of drug-likeness (QED) is 0.821. The van der Waals surface area contributed by atoms with Gasteiger partial charge in [0, 0.05) is 19.8 Å². The Balaban J connectivity index is 1.76. The molecule has 8 heteroatoms. The maximum atomic E-state index is 12.7. The Morgan fingerprint density at radius 1 is 1.35 bits per heavy atom. The fraction of sp³-hybridized carbons (Fsp3) is 0.400. The highest BCUT2D eigenvalue weighted by Crippen LogP contribution is 2.31. The summed E-state index contributed by atoms with van der Waals surface area (Å²) in [5, 5.41) is 3.93. The summed E-state index contributed by atoms with van der Waals surface area (Å²) < 4.78 is 39.7. The van der Waals surface area contributed by atoms with Crippen molar-refractivity contribution in [3.8, 4) is 11.5 Å². The largest absolute Gasteiger partial charge is 0.486 e. The van der Waals surface area contributed by atoms with Crippen LogP contribution >= 0.6 is 0 Å². The topological polar surface area (TPSA) is 73.7 Å². The van der Waals surface area contributed by atoms with Gasteiger partial charge in [-0.1, -0.05) is 19.1 Å². The van der Waals surface area contributed by atoms with Crippen molar-refractivity contribution < 1.29 is 17.9 Å². The molecule has 1 aliphatic rings. The van der Waals surface area contributed by atoms with Crippen molar-refractivity contribution >= 4 is 10.0 Å². The first-order chi connectivity index (χ1) is 11.0. The van der Waals surface area contributed by atoms with Gasteiger partial charge in [-0.2, -0.15) is 9.40 Å². The smallest absolute Gasteiger partial charge is 0.246 e. The van der Waals surface area contributed by atoms with Crippen molar-refractivity contribution in [1.29, 1.82) is 0 Å². The lowest BCUT2D eigenvalue weighted by Crippen LogP contribution is -2.43. The molecule has 3 rings (SSSR count). The molecule has 23 heavy (non-hydrogen) atoms. The second-order valence-corrected chi connectivity index (χ2v) is 7.24. The van der Waals surface area contributed by atoms with Crippen LogP contribution in [0, 0.1) is 0 Å². The van der Waals surface area contributed by atoms with E-state index in [9.17, 15) is 8.42 Å². The maximum Gasteiger partial charge on any atom is 0.246 e. The SMILES string of the molecule is CCN(C[C@H]1COc2ccccc2O1)S(=O)(=O)c1cnn(C)c1. The minimum Gasteiger partial charge on any atom is -0.486 e. The molecule has 0 fully saturated rings. The van der Waals surface area contributed by atoms with Crippen LogP contribution in [0.5, 0.6) is 11.5 Å². The molecular weight excluding hydrogens is 318 g/mol. The third-order valence-corrected chi connectivity index (χ3v) is 5.54. The Hall–Kier alpha value is -2.06. The summed E-state index contributed by atoms with van der Waals surface area (Å²) >= 11 is 0. The number of rotatable bonds is 5. The number of fused-ring (bicyclic) bond motifs is 1. The van der Waals surface area contributed by atoms with Gasteiger partial charge in [0.1, 0.15) is 17.6 Å². The van der Waals surface area contributed by atoms with Gasteiger partial charge in [0.25, 0.3) is 0 Å². The minimum absolute atomic E-state index is 0.180. The monoisotopic (exact) mass is 337 g/mol. The van der Waals surface area contributed by atoms with E-state index >= 15 is 0 Å². The lowest BCUT2D eigenvalue weighted by atomic mass is 10.2. The van der Waals surface area contributed by atoms with Crippen LogP contribution in [0.25, 0.3) is 0 Å². The zero-order chi connectivity index (χ0) is 16.4. The predicted octanol–water partition coefficient (Wildman–Crippen LogP) is 1.27. The Bertz CT molecular complexity index is 788. The molecule has 2 aromatic rings. The summed E-state index contributed by atoms with van der Waals surface area (Å²) in [5.41, 5.74) is 0. The summed E-state index contributed by atoms with van der Waals surface area (Å²) in [6.45, 7) is 2.68. The van der Waals surface area contributed by atoms with Crippen LogP contribution in [0.3, 0.4) is 0 Å². The van der Waals surface area contributed by atoms with Gasteiger partial charge >= 0.3 is 0 Å². The third kappa shape index (κ3) is 3.18. The van der Waals surface area contributed by atoms with Crippen LogP contribution in [0.15, 0.2) is 41.6 Å². The first kappa shape index (κ1) is 15.8. The number of hydrogen-bond acceptors (Lipinski definition) is 5. The molecule has 1 aromatic heterocycles. The van der Waals surface area contributed by atoms with E-state index in [4.69, 9.17) is 9.47 Å². The number of nitrogens with zero attached hydrogens (tertiary/aromatic N) is 3. The van der Waals surface area contributed by atoms with Gasteiger partial charge < -0.3 is 9.47 Å². The van der Waals surface area contributed by atoms with E-state index in [0.717, 1.165) is 0 Å². The standard InChI is InChI=1S/C15H19N3O4S/c1-3-18(23(19,20)13-8-16-17(2)10-13)9-12-11-21-14-6-4-5-7-15(14)22-12/h4-8,10,12H,3,9,11H2,1-2H3/t12-/m0/s1. The van der Waals surface area contributed by atoms with E-state index in [-0.39, 0.29) is 17.5 Å². The Morgan fingerprint density at radius 2 is 2.09 bits per heavy atom. The van der Waals surface area contributed by atoms with E-state index in [1.54, 1.807) is 14.0 Å². The first-order valence-electron chi connectivity index (χ1n) is 7.38. The van der Waals surface area contributed by atoms with Gasteiger partial charge in [-0.05, 0) is 12.1 Å². The molecule has 2 heterocycles. The average Bonchev–Trinajstić information content (AvgIpc) is 2.99. The molecule has 1 atom stereocenters. The highest BCUT2D eigenvalue weighted by Gasteiger charge is 2.30. The van der Waals surface area contributed by atoms with Crippen LogP contribution < -0.4 is 9.47 Å². The van der Waals surface area contributed by atoms with Gasteiger partial charge in [-0.3, -0.25) is 4.68 Å². The molecule has 0 saturated heterocycles. The molecule has 124 valence electrons. The Labute approximate surface area is 135 Å². The second-order valence-electron chi connectivity index (χ2n) is 5.30. The van der Waals surface area contributed by atoms with Crippen LogP contribution in [0.4, 0.5) is 0 Å². The van der Waals surface area contributed by atoms with Crippen LogP contribution in [-0.2, 0) is 17.1 Å². The molecule has 7 nitrogen and oxygen atoms in total. The highest BCUT2D eigenvalue weighted by atomic mass is 32.2. The van der Waals surface area contributed by atoms with Gasteiger partial charge in [0.2, 0.25) is 10.0 Å². The van der Waals surface area contributed by atoms with E-state index in [0.29, 0.717) is 24.7 Å². The molecule has 0 saturated carbocycles. The second kappa shape index (κ2) is 6.21. The molecule has 0 aliphatic carbocycles. The molecule has 1 aromatic carbocycles. The lowest BCUT2D eigenvalue weighted by molar-refractivity contribution is 0.0771. The molecule has 0 radical (unpaired) electrons. The number of para-hydroxylation sites is 2. The molecule has 0 bridgehead atoms. The fourth-order valence-corrected chi connectivity index (χ4v) is 3.93. The zero-order valence-electron chi connectivity index (χ0n) is 13.0. The van der Waals surface area contributed by atoms with Gasteiger partial charge in [0.15, 0.2) is 11.5 Å².